The Kier molecular flexibility index (Phi) is 3.96. The summed E-state index contributed by atoms with van der Waals surface area (Å²) in [5.74, 6) is 0.838. The van der Waals surface area contributed by atoms with E-state index in [2.05, 4.69) is 22.3 Å². The predicted octanol–water partition coefficient (Wildman–Crippen LogP) is 3.00. The molecule has 4 nitrogen and oxygen atoms in total. The highest BCUT2D eigenvalue weighted by molar-refractivity contribution is 5.31. The number of aromatic nitrogens is 2. The van der Waals surface area contributed by atoms with Crippen LogP contribution in [0.25, 0.3) is 0 Å². The second kappa shape index (κ2) is 5.89. The van der Waals surface area contributed by atoms with Crippen LogP contribution in [0.4, 0.5) is 8.78 Å². The fourth-order valence-corrected chi connectivity index (χ4v) is 2.77. The fraction of sp³-hybridized carbons (Fsp3) is 0.467. The van der Waals surface area contributed by atoms with Crippen molar-refractivity contribution in [3.05, 3.63) is 47.1 Å². The molecule has 0 amide bonds. The van der Waals surface area contributed by atoms with Gasteiger partial charge in [0, 0.05) is 12.3 Å². The molecule has 2 aromatic rings. The van der Waals surface area contributed by atoms with Gasteiger partial charge in [-0.15, -0.1) is 0 Å². The van der Waals surface area contributed by atoms with E-state index in [9.17, 15) is 8.78 Å². The molecule has 0 saturated carbocycles. The van der Waals surface area contributed by atoms with Gasteiger partial charge in [0.2, 0.25) is 12.3 Å². The number of aryl methyl sites for hydroxylation is 1. The number of hydrogen-bond donors (Lipinski definition) is 1. The van der Waals surface area contributed by atoms with Crippen LogP contribution in [0.2, 0.25) is 0 Å². The lowest BCUT2D eigenvalue weighted by atomic mass is 9.83. The first-order valence-corrected chi connectivity index (χ1v) is 7.07. The number of halogens is 2. The van der Waals surface area contributed by atoms with Crippen LogP contribution in [-0.4, -0.2) is 16.6 Å². The zero-order chi connectivity index (χ0) is 14.8. The van der Waals surface area contributed by atoms with Crippen LogP contribution in [0.1, 0.15) is 47.6 Å². The van der Waals surface area contributed by atoms with Crippen molar-refractivity contribution >= 4 is 0 Å². The molecule has 3 rings (SSSR count). The Balaban J connectivity index is 1.73. The lowest BCUT2D eigenvalue weighted by Crippen LogP contribution is -2.16. The van der Waals surface area contributed by atoms with Gasteiger partial charge in [0.15, 0.2) is 5.82 Å². The third kappa shape index (κ3) is 3.10. The van der Waals surface area contributed by atoms with Gasteiger partial charge in [-0.25, -0.2) is 8.78 Å². The quantitative estimate of drug-likeness (QED) is 0.941. The van der Waals surface area contributed by atoms with Crippen molar-refractivity contribution in [1.29, 1.82) is 0 Å². The summed E-state index contributed by atoms with van der Waals surface area (Å²) in [6.07, 6.45) is -0.195. The largest absolute Gasteiger partial charge is 0.338 e. The minimum atomic E-state index is -2.48. The first-order valence-electron chi connectivity index (χ1n) is 7.07. The molecule has 1 aromatic carbocycles. The van der Waals surface area contributed by atoms with E-state index in [1.165, 1.54) is 11.1 Å². The van der Waals surface area contributed by atoms with Crippen molar-refractivity contribution in [1.82, 2.24) is 10.1 Å². The van der Waals surface area contributed by atoms with Crippen molar-refractivity contribution in [2.45, 2.75) is 44.1 Å². The smallest absolute Gasteiger partial charge is 0.243 e. The molecule has 0 saturated heterocycles. The molecule has 2 atom stereocenters. The van der Waals surface area contributed by atoms with Crippen LogP contribution in [0.3, 0.4) is 0 Å². The second-order valence-electron chi connectivity index (χ2n) is 5.43. The van der Waals surface area contributed by atoms with Crippen molar-refractivity contribution in [2.75, 3.05) is 0 Å². The zero-order valence-corrected chi connectivity index (χ0v) is 11.5. The third-order valence-electron chi connectivity index (χ3n) is 3.92. The van der Waals surface area contributed by atoms with Crippen LogP contribution in [0.5, 0.6) is 0 Å². The van der Waals surface area contributed by atoms with Crippen molar-refractivity contribution in [3.63, 3.8) is 0 Å². The molecule has 2 unspecified atom stereocenters. The first-order chi connectivity index (χ1) is 10.1. The van der Waals surface area contributed by atoms with E-state index in [0.29, 0.717) is 5.82 Å². The van der Waals surface area contributed by atoms with E-state index in [1.54, 1.807) is 0 Å². The Morgan fingerprint density at radius 3 is 2.81 bits per heavy atom. The van der Waals surface area contributed by atoms with Gasteiger partial charge in [0.05, 0.1) is 6.04 Å². The molecular formula is C15H17F2N3O. The van der Waals surface area contributed by atoms with E-state index in [1.807, 2.05) is 12.1 Å². The van der Waals surface area contributed by atoms with Crippen molar-refractivity contribution in [2.24, 2.45) is 5.73 Å². The molecule has 6 heteroatoms. The summed E-state index contributed by atoms with van der Waals surface area (Å²) in [5.41, 5.74) is 8.28. The SMILES string of the molecule is NC(CC(F)F)c1nc(C2CCc3ccccc3C2)no1. The van der Waals surface area contributed by atoms with Gasteiger partial charge in [-0.2, -0.15) is 4.98 Å². The summed E-state index contributed by atoms with van der Waals surface area (Å²) in [5, 5.41) is 3.93. The Hall–Kier alpha value is -1.82. The van der Waals surface area contributed by atoms with Gasteiger partial charge < -0.3 is 10.3 Å². The summed E-state index contributed by atoms with van der Waals surface area (Å²) < 4.78 is 29.7. The van der Waals surface area contributed by atoms with Gasteiger partial charge in [0.25, 0.3) is 0 Å². The highest BCUT2D eigenvalue weighted by atomic mass is 19.3. The Morgan fingerprint density at radius 1 is 1.29 bits per heavy atom. The zero-order valence-electron chi connectivity index (χ0n) is 11.5. The van der Waals surface area contributed by atoms with E-state index >= 15 is 0 Å². The number of alkyl halides is 2. The maximum atomic E-state index is 12.3. The molecule has 0 radical (unpaired) electrons. The lowest BCUT2D eigenvalue weighted by molar-refractivity contribution is 0.122. The van der Waals surface area contributed by atoms with E-state index in [4.69, 9.17) is 10.3 Å². The first kappa shape index (κ1) is 14.1. The van der Waals surface area contributed by atoms with Crippen molar-refractivity contribution < 1.29 is 13.3 Å². The summed E-state index contributed by atoms with van der Waals surface area (Å²) in [7, 11) is 0. The Bertz CT molecular complexity index is 614. The van der Waals surface area contributed by atoms with Crippen LogP contribution in [-0.2, 0) is 12.8 Å². The highest BCUT2D eigenvalue weighted by Gasteiger charge is 2.26. The number of fused-ring (bicyclic) bond motifs is 1. The standard InChI is InChI=1S/C15H17F2N3O/c16-13(17)8-12(18)15-19-14(20-21-15)11-6-5-9-3-1-2-4-10(9)7-11/h1-4,11-13H,5-8,18H2. The average molecular weight is 293 g/mol. The van der Waals surface area contributed by atoms with E-state index in [0.717, 1.165) is 19.3 Å². The monoisotopic (exact) mass is 293 g/mol. The van der Waals surface area contributed by atoms with Gasteiger partial charge in [-0.05, 0) is 30.4 Å². The molecule has 1 aliphatic carbocycles. The second-order valence-corrected chi connectivity index (χ2v) is 5.43. The van der Waals surface area contributed by atoms with E-state index in [-0.39, 0.29) is 11.8 Å². The summed E-state index contributed by atoms with van der Waals surface area (Å²) >= 11 is 0. The molecule has 0 fully saturated rings. The van der Waals surface area contributed by atoms with Gasteiger partial charge >= 0.3 is 0 Å². The summed E-state index contributed by atoms with van der Waals surface area (Å²) in [4.78, 5) is 4.22. The topological polar surface area (TPSA) is 64.9 Å². The normalized spacial score (nSPS) is 19.5. The summed E-state index contributed by atoms with van der Waals surface area (Å²) in [6.45, 7) is 0. The van der Waals surface area contributed by atoms with Crippen LogP contribution < -0.4 is 5.73 Å². The molecule has 1 aromatic heterocycles. The van der Waals surface area contributed by atoms with Gasteiger partial charge in [-0.1, -0.05) is 29.4 Å². The van der Waals surface area contributed by atoms with Crippen LogP contribution in [0, 0.1) is 0 Å². The highest BCUT2D eigenvalue weighted by Crippen LogP contribution is 2.31. The minimum absolute atomic E-state index is 0.101. The third-order valence-corrected chi connectivity index (χ3v) is 3.92. The van der Waals surface area contributed by atoms with Crippen LogP contribution in [0.15, 0.2) is 28.8 Å². The molecule has 0 spiro atoms. The number of nitrogens with zero attached hydrogens (tertiary/aromatic N) is 2. The molecule has 1 heterocycles. The number of benzene rings is 1. The lowest BCUT2D eigenvalue weighted by Gasteiger charge is -2.21. The number of rotatable bonds is 4. The number of hydrogen-bond acceptors (Lipinski definition) is 4. The number of nitrogens with two attached hydrogens (primary N) is 1. The van der Waals surface area contributed by atoms with Crippen molar-refractivity contribution in [3.8, 4) is 0 Å². The molecule has 0 aliphatic heterocycles. The molecule has 112 valence electrons. The van der Waals surface area contributed by atoms with Gasteiger partial charge in [0.1, 0.15) is 0 Å². The van der Waals surface area contributed by atoms with Crippen LogP contribution >= 0.6 is 0 Å². The maximum absolute atomic E-state index is 12.3. The maximum Gasteiger partial charge on any atom is 0.243 e. The predicted molar refractivity (Wildman–Crippen MR) is 73.1 cm³/mol. The average Bonchev–Trinajstić information content (AvgIpc) is 2.96. The summed E-state index contributed by atoms with van der Waals surface area (Å²) in [6, 6.07) is 7.38. The van der Waals surface area contributed by atoms with Gasteiger partial charge in [-0.3, -0.25) is 0 Å². The fourth-order valence-electron chi connectivity index (χ4n) is 2.77. The molecular weight excluding hydrogens is 276 g/mol. The molecule has 2 N–H and O–H groups in total. The molecule has 21 heavy (non-hydrogen) atoms. The minimum Gasteiger partial charge on any atom is -0.338 e. The Morgan fingerprint density at radius 2 is 2.05 bits per heavy atom. The molecule has 1 aliphatic rings. The van der Waals surface area contributed by atoms with E-state index < -0.39 is 18.9 Å². The molecule has 0 bridgehead atoms. The Labute approximate surface area is 121 Å².